The highest BCUT2D eigenvalue weighted by molar-refractivity contribution is 5.74. The molecular weight excluding hydrogens is 166 g/mol. The highest BCUT2D eigenvalue weighted by Crippen LogP contribution is 2.19. The van der Waals surface area contributed by atoms with E-state index in [0.717, 1.165) is 31.2 Å². The van der Waals surface area contributed by atoms with Crippen molar-refractivity contribution in [3.63, 3.8) is 0 Å². The van der Waals surface area contributed by atoms with Crippen LogP contribution in [0.25, 0.3) is 0 Å². The number of fused-ring (bicyclic) bond motifs is 1. The Labute approximate surface area is 77.3 Å². The van der Waals surface area contributed by atoms with Gasteiger partial charge in [-0.25, -0.2) is 0 Å². The standard InChI is InChI=1S/C10H13NO2/c1-13-10-2-3-11-6-8(7-12)4-9(11)5-10/h4,6-7,10H,2-3,5H2,1H3. The summed E-state index contributed by atoms with van der Waals surface area (Å²) in [6.45, 7) is 0.960. The molecule has 0 saturated heterocycles. The third-order valence-electron chi connectivity index (χ3n) is 2.61. The van der Waals surface area contributed by atoms with Gasteiger partial charge in [0.15, 0.2) is 6.29 Å². The van der Waals surface area contributed by atoms with Crippen LogP contribution in [0.4, 0.5) is 0 Å². The lowest BCUT2D eigenvalue weighted by atomic mass is 10.1. The maximum atomic E-state index is 10.5. The number of nitrogens with zero attached hydrogens (tertiary/aromatic N) is 1. The maximum Gasteiger partial charge on any atom is 0.151 e. The second kappa shape index (κ2) is 3.34. The molecular formula is C10H13NO2. The first-order valence-electron chi connectivity index (χ1n) is 4.50. The van der Waals surface area contributed by atoms with Gasteiger partial charge in [0, 0.05) is 37.5 Å². The molecule has 0 bridgehead atoms. The predicted octanol–water partition coefficient (Wildman–Crippen LogP) is 1.26. The first kappa shape index (κ1) is 8.51. The molecule has 1 aromatic heterocycles. The summed E-state index contributed by atoms with van der Waals surface area (Å²) in [5, 5.41) is 0. The summed E-state index contributed by atoms with van der Waals surface area (Å²) in [7, 11) is 1.74. The lowest BCUT2D eigenvalue weighted by molar-refractivity contribution is 0.0809. The molecule has 0 radical (unpaired) electrons. The largest absolute Gasteiger partial charge is 0.381 e. The van der Waals surface area contributed by atoms with E-state index < -0.39 is 0 Å². The molecule has 0 N–H and O–H groups in total. The average Bonchev–Trinajstić information content (AvgIpc) is 2.58. The van der Waals surface area contributed by atoms with E-state index in [1.54, 1.807) is 7.11 Å². The molecule has 0 saturated carbocycles. The van der Waals surface area contributed by atoms with E-state index in [2.05, 4.69) is 4.57 Å². The van der Waals surface area contributed by atoms with Crippen LogP contribution in [0.5, 0.6) is 0 Å². The van der Waals surface area contributed by atoms with Crippen molar-refractivity contribution in [2.24, 2.45) is 0 Å². The summed E-state index contributed by atoms with van der Waals surface area (Å²) in [6, 6.07) is 1.94. The van der Waals surface area contributed by atoms with E-state index in [1.807, 2.05) is 12.3 Å². The van der Waals surface area contributed by atoms with Crippen molar-refractivity contribution >= 4 is 6.29 Å². The average molecular weight is 179 g/mol. The van der Waals surface area contributed by atoms with Crippen LogP contribution >= 0.6 is 0 Å². The number of aldehydes is 1. The minimum atomic E-state index is 0.321. The summed E-state index contributed by atoms with van der Waals surface area (Å²) >= 11 is 0. The van der Waals surface area contributed by atoms with Crippen molar-refractivity contribution in [2.75, 3.05) is 7.11 Å². The van der Waals surface area contributed by atoms with Crippen molar-refractivity contribution in [1.82, 2.24) is 4.57 Å². The molecule has 1 aromatic rings. The highest BCUT2D eigenvalue weighted by atomic mass is 16.5. The summed E-state index contributed by atoms with van der Waals surface area (Å²) in [6.07, 6.45) is 5.09. The van der Waals surface area contributed by atoms with E-state index in [4.69, 9.17) is 4.74 Å². The van der Waals surface area contributed by atoms with Crippen LogP contribution < -0.4 is 0 Å². The van der Waals surface area contributed by atoms with Crippen LogP contribution in [0, 0.1) is 0 Å². The molecule has 0 aromatic carbocycles. The minimum absolute atomic E-state index is 0.321. The second-order valence-corrected chi connectivity index (χ2v) is 3.43. The van der Waals surface area contributed by atoms with E-state index in [1.165, 1.54) is 5.69 Å². The van der Waals surface area contributed by atoms with E-state index >= 15 is 0 Å². The molecule has 0 spiro atoms. The molecule has 0 amide bonds. The van der Waals surface area contributed by atoms with Crippen LogP contribution in [0.15, 0.2) is 12.3 Å². The van der Waals surface area contributed by atoms with Gasteiger partial charge < -0.3 is 9.30 Å². The Hall–Kier alpha value is -1.09. The topological polar surface area (TPSA) is 31.2 Å². The van der Waals surface area contributed by atoms with Gasteiger partial charge in [-0.3, -0.25) is 4.79 Å². The molecule has 13 heavy (non-hydrogen) atoms. The number of aromatic nitrogens is 1. The van der Waals surface area contributed by atoms with Crippen molar-refractivity contribution in [1.29, 1.82) is 0 Å². The Kier molecular flexibility index (Phi) is 2.19. The number of hydrogen-bond acceptors (Lipinski definition) is 2. The molecule has 3 heteroatoms. The zero-order valence-electron chi connectivity index (χ0n) is 7.69. The zero-order valence-corrected chi connectivity index (χ0v) is 7.69. The Bertz CT molecular complexity index is 317. The molecule has 1 unspecified atom stereocenters. The van der Waals surface area contributed by atoms with Gasteiger partial charge in [-0.2, -0.15) is 0 Å². The molecule has 70 valence electrons. The fraction of sp³-hybridized carbons (Fsp3) is 0.500. The number of carbonyl (C=O) groups excluding carboxylic acids is 1. The van der Waals surface area contributed by atoms with Gasteiger partial charge in [0.25, 0.3) is 0 Å². The van der Waals surface area contributed by atoms with E-state index in [0.29, 0.717) is 6.10 Å². The Morgan fingerprint density at radius 2 is 2.54 bits per heavy atom. The van der Waals surface area contributed by atoms with Crippen LogP contribution in [0.3, 0.4) is 0 Å². The van der Waals surface area contributed by atoms with Crippen molar-refractivity contribution < 1.29 is 9.53 Å². The van der Waals surface area contributed by atoms with Gasteiger partial charge in [-0.1, -0.05) is 0 Å². The van der Waals surface area contributed by atoms with Gasteiger partial charge >= 0.3 is 0 Å². The fourth-order valence-corrected chi connectivity index (χ4v) is 1.84. The number of methoxy groups -OCH3 is 1. The van der Waals surface area contributed by atoms with Crippen LogP contribution in [0.2, 0.25) is 0 Å². The third kappa shape index (κ3) is 1.52. The first-order chi connectivity index (χ1) is 6.33. The Morgan fingerprint density at radius 3 is 3.23 bits per heavy atom. The quantitative estimate of drug-likeness (QED) is 0.640. The highest BCUT2D eigenvalue weighted by Gasteiger charge is 2.18. The minimum Gasteiger partial charge on any atom is -0.381 e. The number of aryl methyl sites for hydroxylation is 1. The van der Waals surface area contributed by atoms with Gasteiger partial charge in [-0.05, 0) is 12.5 Å². The summed E-state index contributed by atoms with van der Waals surface area (Å²) in [5.41, 5.74) is 1.98. The van der Waals surface area contributed by atoms with Crippen molar-refractivity contribution in [2.45, 2.75) is 25.5 Å². The summed E-state index contributed by atoms with van der Waals surface area (Å²) in [5.74, 6) is 0. The van der Waals surface area contributed by atoms with Crippen molar-refractivity contribution in [3.05, 3.63) is 23.5 Å². The Balaban J connectivity index is 2.24. The normalized spacial score (nSPS) is 21.2. The van der Waals surface area contributed by atoms with Crippen LogP contribution in [-0.2, 0) is 17.7 Å². The molecule has 0 fully saturated rings. The number of hydrogen-bond donors (Lipinski definition) is 0. The molecule has 2 rings (SSSR count). The molecule has 1 aliphatic rings. The fourth-order valence-electron chi connectivity index (χ4n) is 1.84. The van der Waals surface area contributed by atoms with E-state index in [-0.39, 0.29) is 0 Å². The lowest BCUT2D eigenvalue weighted by Crippen LogP contribution is -2.24. The number of carbonyl (C=O) groups is 1. The molecule has 0 aliphatic carbocycles. The van der Waals surface area contributed by atoms with Crippen LogP contribution in [-0.4, -0.2) is 24.1 Å². The predicted molar refractivity (Wildman–Crippen MR) is 48.9 cm³/mol. The molecule has 3 nitrogen and oxygen atoms in total. The molecule has 2 heterocycles. The molecule has 1 aliphatic heterocycles. The maximum absolute atomic E-state index is 10.5. The summed E-state index contributed by atoms with van der Waals surface area (Å²) in [4.78, 5) is 10.5. The third-order valence-corrected chi connectivity index (χ3v) is 2.61. The van der Waals surface area contributed by atoms with Crippen LogP contribution in [0.1, 0.15) is 22.5 Å². The van der Waals surface area contributed by atoms with Gasteiger partial charge in [-0.15, -0.1) is 0 Å². The molecule has 1 atom stereocenters. The second-order valence-electron chi connectivity index (χ2n) is 3.43. The lowest BCUT2D eigenvalue weighted by Gasteiger charge is -2.22. The monoisotopic (exact) mass is 179 g/mol. The van der Waals surface area contributed by atoms with Gasteiger partial charge in [0.2, 0.25) is 0 Å². The van der Waals surface area contributed by atoms with E-state index in [9.17, 15) is 4.79 Å². The van der Waals surface area contributed by atoms with Gasteiger partial charge in [0.05, 0.1) is 6.10 Å². The first-order valence-corrected chi connectivity index (χ1v) is 4.50. The summed E-state index contributed by atoms with van der Waals surface area (Å²) < 4.78 is 7.43. The van der Waals surface area contributed by atoms with Gasteiger partial charge in [0.1, 0.15) is 0 Å². The van der Waals surface area contributed by atoms with Crippen molar-refractivity contribution in [3.8, 4) is 0 Å². The SMILES string of the molecule is COC1CCn2cc(C=O)cc2C1. The number of ether oxygens (including phenoxy) is 1. The number of rotatable bonds is 2. The Morgan fingerprint density at radius 1 is 1.69 bits per heavy atom. The smallest absolute Gasteiger partial charge is 0.151 e. The zero-order chi connectivity index (χ0) is 9.26.